The minimum absolute atomic E-state index is 0.177. The minimum Gasteiger partial charge on any atom is -0.493 e. The molecule has 3 fully saturated rings. The molecule has 194 valence electrons. The summed E-state index contributed by atoms with van der Waals surface area (Å²) in [5.74, 6) is 1.06. The van der Waals surface area contributed by atoms with Gasteiger partial charge in [0.1, 0.15) is 11.8 Å². The third-order valence-corrected chi connectivity index (χ3v) is 8.27. The van der Waals surface area contributed by atoms with E-state index >= 15 is 0 Å². The Labute approximate surface area is 221 Å². The van der Waals surface area contributed by atoms with Crippen LogP contribution in [0.2, 0.25) is 0 Å². The Morgan fingerprint density at radius 2 is 1.47 bits per heavy atom. The van der Waals surface area contributed by atoms with Gasteiger partial charge in [0.2, 0.25) is 17.7 Å². The topological polar surface area (TPSA) is 84.9 Å². The third kappa shape index (κ3) is 4.32. The second-order valence-corrected chi connectivity index (χ2v) is 10.4. The van der Waals surface area contributed by atoms with Gasteiger partial charge in [-0.05, 0) is 73.1 Å². The number of imide groups is 1. The van der Waals surface area contributed by atoms with Crippen molar-refractivity contribution in [3.63, 3.8) is 0 Å². The monoisotopic (exact) mass is 510 g/mol. The summed E-state index contributed by atoms with van der Waals surface area (Å²) in [5, 5.41) is 2.93. The first-order valence-corrected chi connectivity index (χ1v) is 13.2. The number of benzene rings is 3. The zero-order chi connectivity index (χ0) is 26.2. The molecule has 3 aromatic rings. The van der Waals surface area contributed by atoms with Crippen LogP contribution in [0.1, 0.15) is 24.8 Å². The van der Waals surface area contributed by atoms with Crippen LogP contribution in [0.3, 0.4) is 0 Å². The van der Waals surface area contributed by atoms with Crippen molar-refractivity contribution >= 4 is 23.4 Å². The van der Waals surface area contributed by atoms with Crippen LogP contribution in [0.15, 0.2) is 78.9 Å². The first kappa shape index (κ1) is 24.2. The van der Waals surface area contributed by atoms with Crippen molar-refractivity contribution in [1.82, 2.24) is 4.90 Å². The van der Waals surface area contributed by atoms with Gasteiger partial charge in [0.15, 0.2) is 11.5 Å². The summed E-state index contributed by atoms with van der Waals surface area (Å²) < 4.78 is 11.3. The highest BCUT2D eigenvalue weighted by Gasteiger charge is 2.62. The largest absolute Gasteiger partial charge is 0.493 e. The zero-order valence-electron chi connectivity index (χ0n) is 21.2. The van der Waals surface area contributed by atoms with Crippen molar-refractivity contribution in [2.24, 2.45) is 23.7 Å². The number of nitrogens with one attached hydrogen (secondary N) is 1. The molecule has 3 aromatic carbocycles. The second-order valence-electron chi connectivity index (χ2n) is 10.4. The highest BCUT2D eigenvalue weighted by molar-refractivity contribution is 6.10. The van der Waals surface area contributed by atoms with Crippen LogP contribution in [0.4, 0.5) is 5.69 Å². The zero-order valence-corrected chi connectivity index (χ0v) is 21.2. The van der Waals surface area contributed by atoms with Crippen LogP contribution in [0, 0.1) is 23.7 Å². The predicted molar refractivity (Wildman–Crippen MR) is 142 cm³/mol. The fraction of sp³-hybridized carbons (Fsp3) is 0.323. The van der Waals surface area contributed by atoms with E-state index in [2.05, 4.69) is 5.32 Å². The number of fused-ring (bicyclic) bond motifs is 5. The Hall–Kier alpha value is -4.13. The molecule has 2 bridgehead atoms. The first-order valence-electron chi connectivity index (χ1n) is 13.2. The van der Waals surface area contributed by atoms with Crippen molar-refractivity contribution in [3.05, 3.63) is 84.4 Å². The lowest BCUT2D eigenvalue weighted by Crippen LogP contribution is -2.49. The number of likely N-dealkylation sites (tertiary alicyclic amines) is 1. The summed E-state index contributed by atoms with van der Waals surface area (Å²) in [6.07, 6.45) is 3.22. The normalized spacial score (nSPS) is 24.3. The number of methoxy groups -OCH3 is 1. The Morgan fingerprint density at radius 1 is 0.868 bits per heavy atom. The molecule has 0 aromatic heterocycles. The smallest absolute Gasteiger partial charge is 0.248 e. The molecule has 0 radical (unpaired) electrons. The van der Waals surface area contributed by atoms with Gasteiger partial charge in [-0.15, -0.1) is 0 Å². The maximum atomic E-state index is 13.6. The quantitative estimate of drug-likeness (QED) is 0.428. The third-order valence-electron chi connectivity index (χ3n) is 8.27. The van der Waals surface area contributed by atoms with Crippen molar-refractivity contribution in [2.75, 3.05) is 12.4 Å². The molecule has 0 unspecified atom stereocenters. The fourth-order valence-electron chi connectivity index (χ4n) is 6.54. The van der Waals surface area contributed by atoms with Crippen molar-refractivity contribution in [3.8, 4) is 17.2 Å². The number of hydrogen-bond acceptors (Lipinski definition) is 5. The Kier molecular flexibility index (Phi) is 6.35. The Bertz CT molecular complexity index is 1330. The number of amides is 3. The van der Waals surface area contributed by atoms with E-state index in [1.54, 1.807) is 31.4 Å². The number of anilines is 1. The molecule has 2 saturated carbocycles. The van der Waals surface area contributed by atoms with Crippen LogP contribution in [0.25, 0.3) is 0 Å². The van der Waals surface area contributed by atoms with E-state index in [1.807, 2.05) is 54.6 Å². The molecule has 7 heteroatoms. The molecule has 7 nitrogen and oxygen atoms in total. The molecule has 0 spiro atoms. The Balaban J connectivity index is 1.22. The number of hydrogen-bond donors (Lipinski definition) is 1. The van der Waals surface area contributed by atoms with E-state index in [-0.39, 0.29) is 47.8 Å². The van der Waals surface area contributed by atoms with Crippen molar-refractivity contribution < 1.29 is 23.9 Å². The first-order chi connectivity index (χ1) is 18.5. The van der Waals surface area contributed by atoms with E-state index in [0.717, 1.165) is 24.8 Å². The Morgan fingerprint density at radius 3 is 2.11 bits per heavy atom. The van der Waals surface area contributed by atoms with Crippen LogP contribution < -0.4 is 14.8 Å². The molecular weight excluding hydrogens is 480 g/mol. The molecule has 3 aliphatic rings. The highest BCUT2D eigenvalue weighted by atomic mass is 16.5. The van der Waals surface area contributed by atoms with Crippen molar-refractivity contribution in [1.29, 1.82) is 0 Å². The maximum absolute atomic E-state index is 13.6. The van der Waals surface area contributed by atoms with Gasteiger partial charge in [0, 0.05) is 12.1 Å². The van der Waals surface area contributed by atoms with E-state index in [0.29, 0.717) is 22.9 Å². The molecular formula is C31H30N2O5. The SMILES string of the molecule is COc1ccccc1Oc1ccc(NC(=O)[C@H](Cc2ccccc2)N2C(=O)[C@H]3[C@@H]4CC[C@@H](C4)[C@@H]3C2=O)cc1. The summed E-state index contributed by atoms with van der Waals surface area (Å²) in [6, 6.07) is 23.0. The summed E-state index contributed by atoms with van der Waals surface area (Å²) >= 11 is 0. The second kappa shape index (κ2) is 9.97. The van der Waals surface area contributed by atoms with Gasteiger partial charge in [-0.2, -0.15) is 0 Å². The van der Waals surface area contributed by atoms with Gasteiger partial charge in [-0.1, -0.05) is 42.5 Å². The molecule has 1 N–H and O–H groups in total. The van der Waals surface area contributed by atoms with E-state index in [4.69, 9.17) is 9.47 Å². The number of rotatable bonds is 8. The van der Waals surface area contributed by atoms with Crippen LogP contribution in [-0.4, -0.2) is 35.8 Å². The summed E-state index contributed by atoms with van der Waals surface area (Å²) in [4.78, 5) is 42.0. The summed E-state index contributed by atoms with van der Waals surface area (Å²) in [5.41, 5.74) is 1.45. The molecule has 3 amide bonds. The maximum Gasteiger partial charge on any atom is 0.248 e. The van der Waals surface area contributed by atoms with Gasteiger partial charge in [0.25, 0.3) is 0 Å². The molecule has 1 aliphatic heterocycles. The number of ether oxygens (including phenoxy) is 2. The minimum atomic E-state index is -0.910. The number of para-hydroxylation sites is 2. The average molecular weight is 511 g/mol. The van der Waals surface area contributed by atoms with Gasteiger partial charge in [-0.3, -0.25) is 19.3 Å². The fourth-order valence-corrected chi connectivity index (χ4v) is 6.54. The van der Waals surface area contributed by atoms with Crippen LogP contribution in [-0.2, 0) is 20.8 Å². The molecule has 2 aliphatic carbocycles. The van der Waals surface area contributed by atoms with E-state index in [9.17, 15) is 14.4 Å². The van der Waals surface area contributed by atoms with Crippen molar-refractivity contribution in [2.45, 2.75) is 31.7 Å². The molecule has 6 rings (SSSR count). The molecule has 38 heavy (non-hydrogen) atoms. The number of nitrogens with zero attached hydrogens (tertiary/aromatic N) is 1. The lowest BCUT2D eigenvalue weighted by molar-refractivity contribution is -0.147. The van der Waals surface area contributed by atoms with Crippen LogP contribution >= 0.6 is 0 Å². The number of carbonyl (C=O) groups is 3. The lowest BCUT2D eigenvalue weighted by Gasteiger charge is -2.27. The van der Waals surface area contributed by atoms with Gasteiger partial charge in [0.05, 0.1) is 18.9 Å². The molecule has 1 saturated heterocycles. The van der Waals surface area contributed by atoms with Gasteiger partial charge < -0.3 is 14.8 Å². The summed E-state index contributed by atoms with van der Waals surface area (Å²) in [7, 11) is 1.58. The van der Waals surface area contributed by atoms with E-state index < -0.39 is 6.04 Å². The van der Waals surface area contributed by atoms with Gasteiger partial charge >= 0.3 is 0 Å². The highest BCUT2D eigenvalue weighted by Crippen LogP contribution is 2.56. The molecule has 5 atom stereocenters. The standard InChI is InChI=1S/C31H30N2O5/c1-37-25-9-5-6-10-26(25)38-23-15-13-22(14-16-23)32-29(34)24(17-19-7-3-2-4-8-19)33-30(35)27-20-11-12-21(18-20)28(27)31(33)36/h2-10,13-16,20-21,24,27-28H,11-12,17-18H2,1H3,(H,32,34)/t20-,21+,24-,27-,28-/m0/s1. The van der Waals surface area contributed by atoms with Crippen LogP contribution in [0.5, 0.6) is 17.2 Å². The molecule has 1 heterocycles. The average Bonchev–Trinajstić information content (AvgIpc) is 3.63. The summed E-state index contributed by atoms with van der Waals surface area (Å²) in [6.45, 7) is 0. The lowest BCUT2D eigenvalue weighted by atomic mass is 9.81. The number of carbonyl (C=O) groups excluding carboxylic acids is 3. The predicted octanol–water partition coefficient (Wildman–Crippen LogP) is 5.07. The van der Waals surface area contributed by atoms with Gasteiger partial charge in [-0.25, -0.2) is 0 Å². The van der Waals surface area contributed by atoms with E-state index in [1.165, 1.54) is 4.90 Å².